The molecule has 0 aliphatic carbocycles. The van der Waals surface area contributed by atoms with Crippen molar-refractivity contribution >= 4 is 21.4 Å². The quantitative estimate of drug-likeness (QED) is 0.799. The van der Waals surface area contributed by atoms with Gasteiger partial charge in [-0.2, -0.15) is 0 Å². The average molecular weight is 391 g/mol. The highest BCUT2D eigenvalue weighted by Gasteiger charge is 2.32. The minimum absolute atomic E-state index is 0.0840. The molecule has 2 aromatic rings. The summed E-state index contributed by atoms with van der Waals surface area (Å²) >= 11 is 0. The van der Waals surface area contributed by atoms with Gasteiger partial charge in [-0.1, -0.05) is 0 Å². The van der Waals surface area contributed by atoms with E-state index >= 15 is 0 Å². The standard InChI is InChI=1S/C19H25N3O4S/c1-14-5-7-16(26-14)18(23)22-11-9-21(10-12-22)15-6-8-17(20-13-15)27(24,25)19(2,3)4/h5-8,13H,9-12H2,1-4H3. The maximum Gasteiger partial charge on any atom is 0.289 e. The number of furan rings is 1. The van der Waals surface area contributed by atoms with Crippen molar-refractivity contribution in [2.45, 2.75) is 37.5 Å². The lowest BCUT2D eigenvalue weighted by Gasteiger charge is -2.35. The average Bonchev–Trinajstić information content (AvgIpc) is 3.07. The highest BCUT2D eigenvalue weighted by molar-refractivity contribution is 7.92. The topological polar surface area (TPSA) is 83.7 Å². The molecule has 1 saturated heterocycles. The van der Waals surface area contributed by atoms with Crippen LogP contribution in [0.25, 0.3) is 0 Å². The summed E-state index contributed by atoms with van der Waals surface area (Å²) in [5.74, 6) is 0.972. The molecule has 0 radical (unpaired) electrons. The Bertz CT molecular complexity index is 919. The Morgan fingerprint density at radius 3 is 2.22 bits per heavy atom. The molecule has 0 unspecified atom stereocenters. The van der Waals surface area contributed by atoms with Crippen molar-refractivity contribution < 1.29 is 17.6 Å². The number of anilines is 1. The summed E-state index contributed by atoms with van der Waals surface area (Å²) in [6.45, 7) is 9.24. The molecule has 1 aliphatic heterocycles. The molecule has 0 spiro atoms. The number of nitrogens with zero attached hydrogens (tertiary/aromatic N) is 3. The third-order valence-corrected chi connectivity index (χ3v) is 7.09. The molecule has 0 atom stereocenters. The Hall–Kier alpha value is -2.35. The lowest BCUT2D eigenvalue weighted by Crippen LogP contribution is -2.48. The van der Waals surface area contributed by atoms with E-state index < -0.39 is 14.6 Å². The zero-order valence-corrected chi connectivity index (χ0v) is 16.9. The van der Waals surface area contributed by atoms with Gasteiger partial charge in [-0.05, 0) is 52.0 Å². The summed E-state index contributed by atoms with van der Waals surface area (Å²) in [5, 5.41) is 0.0840. The molecule has 2 aromatic heterocycles. The van der Waals surface area contributed by atoms with E-state index in [1.165, 1.54) is 0 Å². The Morgan fingerprint density at radius 1 is 1.07 bits per heavy atom. The fraction of sp³-hybridized carbons (Fsp3) is 0.474. The second-order valence-corrected chi connectivity index (χ2v) is 10.3. The largest absolute Gasteiger partial charge is 0.456 e. The Kier molecular flexibility index (Phi) is 5.03. The van der Waals surface area contributed by atoms with Crippen LogP contribution in [0.1, 0.15) is 37.1 Å². The minimum Gasteiger partial charge on any atom is -0.456 e. The number of hydrogen-bond donors (Lipinski definition) is 0. The second-order valence-electron chi connectivity index (χ2n) is 7.66. The first-order chi connectivity index (χ1) is 12.6. The van der Waals surface area contributed by atoms with E-state index in [4.69, 9.17) is 4.42 Å². The molecular formula is C19H25N3O4S. The molecule has 27 heavy (non-hydrogen) atoms. The normalized spacial score (nSPS) is 15.9. The number of pyridine rings is 1. The highest BCUT2D eigenvalue weighted by atomic mass is 32.2. The summed E-state index contributed by atoms with van der Waals surface area (Å²) < 4.78 is 29.5. The van der Waals surface area contributed by atoms with Gasteiger partial charge in [-0.15, -0.1) is 0 Å². The van der Waals surface area contributed by atoms with Gasteiger partial charge in [-0.3, -0.25) is 4.79 Å². The van der Waals surface area contributed by atoms with Crippen LogP contribution in [-0.2, 0) is 9.84 Å². The third kappa shape index (κ3) is 3.85. The summed E-state index contributed by atoms with van der Waals surface area (Å²) in [5.41, 5.74) is 0.851. The van der Waals surface area contributed by atoms with Crippen LogP contribution in [0.4, 0.5) is 5.69 Å². The number of carbonyl (C=O) groups is 1. The zero-order chi connectivity index (χ0) is 19.8. The number of piperazine rings is 1. The van der Waals surface area contributed by atoms with Gasteiger partial charge in [0, 0.05) is 26.2 Å². The minimum atomic E-state index is -3.47. The first-order valence-corrected chi connectivity index (χ1v) is 10.4. The molecule has 1 amide bonds. The number of carbonyl (C=O) groups excluding carboxylic acids is 1. The SMILES string of the molecule is Cc1ccc(C(=O)N2CCN(c3ccc(S(=O)(=O)C(C)(C)C)nc3)CC2)o1. The monoisotopic (exact) mass is 391 g/mol. The van der Waals surface area contributed by atoms with Gasteiger partial charge < -0.3 is 14.2 Å². The summed E-state index contributed by atoms with van der Waals surface area (Å²) in [6, 6.07) is 6.81. The van der Waals surface area contributed by atoms with Crippen LogP contribution in [0, 0.1) is 6.92 Å². The Balaban J connectivity index is 1.65. The number of aryl methyl sites for hydroxylation is 1. The van der Waals surface area contributed by atoms with Gasteiger partial charge in [0.1, 0.15) is 5.76 Å². The predicted molar refractivity (Wildman–Crippen MR) is 103 cm³/mol. The molecule has 0 bridgehead atoms. The van der Waals surface area contributed by atoms with Crippen molar-refractivity contribution in [1.29, 1.82) is 0 Å². The summed E-state index contributed by atoms with van der Waals surface area (Å²) in [4.78, 5) is 20.5. The third-order valence-electron chi connectivity index (χ3n) is 4.69. The molecule has 1 fully saturated rings. The molecule has 0 aromatic carbocycles. The van der Waals surface area contributed by atoms with E-state index in [0.29, 0.717) is 37.7 Å². The molecule has 0 saturated carbocycles. The van der Waals surface area contributed by atoms with Crippen molar-refractivity contribution in [2.24, 2.45) is 0 Å². The number of aromatic nitrogens is 1. The first kappa shape index (κ1) is 19.4. The Labute approximate surface area is 159 Å². The van der Waals surface area contributed by atoms with Crippen LogP contribution >= 0.6 is 0 Å². The predicted octanol–water partition coefficient (Wildman–Crippen LogP) is 2.52. The van der Waals surface area contributed by atoms with Gasteiger partial charge in [0.2, 0.25) is 0 Å². The molecule has 7 nitrogen and oxygen atoms in total. The molecular weight excluding hydrogens is 366 g/mol. The molecule has 3 rings (SSSR count). The van der Waals surface area contributed by atoms with Gasteiger partial charge in [-0.25, -0.2) is 13.4 Å². The number of hydrogen-bond acceptors (Lipinski definition) is 6. The van der Waals surface area contributed by atoms with Crippen molar-refractivity contribution in [2.75, 3.05) is 31.1 Å². The fourth-order valence-electron chi connectivity index (χ4n) is 2.91. The van der Waals surface area contributed by atoms with Crippen LogP contribution in [0.3, 0.4) is 0 Å². The Morgan fingerprint density at radius 2 is 1.74 bits per heavy atom. The van der Waals surface area contributed by atoms with E-state index in [1.807, 2.05) is 6.92 Å². The summed E-state index contributed by atoms with van der Waals surface area (Å²) in [7, 11) is -3.47. The van der Waals surface area contributed by atoms with Crippen molar-refractivity contribution in [3.05, 3.63) is 42.0 Å². The van der Waals surface area contributed by atoms with E-state index in [-0.39, 0.29) is 10.9 Å². The lowest BCUT2D eigenvalue weighted by atomic mass is 10.2. The lowest BCUT2D eigenvalue weighted by molar-refractivity contribution is 0.0713. The van der Waals surface area contributed by atoms with Crippen LogP contribution in [0.5, 0.6) is 0 Å². The smallest absolute Gasteiger partial charge is 0.289 e. The molecule has 1 aliphatic rings. The molecule has 3 heterocycles. The maximum absolute atomic E-state index is 12.5. The van der Waals surface area contributed by atoms with Gasteiger partial charge >= 0.3 is 0 Å². The van der Waals surface area contributed by atoms with Crippen LogP contribution in [-0.4, -0.2) is 55.1 Å². The van der Waals surface area contributed by atoms with E-state index in [2.05, 4.69) is 9.88 Å². The van der Waals surface area contributed by atoms with Gasteiger partial charge in [0.05, 0.1) is 16.6 Å². The molecule has 8 heteroatoms. The van der Waals surface area contributed by atoms with Crippen LogP contribution < -0.4 is 4.90 Å². The van der Waals surface area contributed by atoms with Gasteiger partial charge in [0.25, 0.3) is 5.91 Å². The fourth-order valence-corrected chi connectivity index (χ4v) is 3.97. The second kappa shape index (κ2) is 6.99. The van der Waals surface area contributed by atoms with E-state index in [0.717, 1.165) is 5.69 Å². The maximum atomic E-state index is 12.5. The zero-order valence-electron chi connectivity index (χ0n) is 16.1. The van der Waals surface area contributed by atoms with Gasteiger partial charge in [0.15, 0.2) is 20.6 Å². The molecule has 146 valence electrons. The van der Waals surface area contributed by atoms with Crippen molar-refractivity contribution in [3.8, 4) is 0 Å². The number of rotatable bonds is 3. The summed E-state index contributed by atoms with van der Waals surface area (Å²) in [6.07, 6.45) is 1.59. The number of amides is 1. The van der Waals surface area contributed by atoms with E-state index in [9.17, 15) is 13.2 Å². The first-order valence-electron chi connectivity index (χ1n) is 8.91. The van der Waals surface area contributed by atoms with Crippen molar-refractivity contribution in [1.82, 2.24) is 9.88 Å². The van der Waals surface area contributed by atoms with Crippen LogP contribution in [0.2, 0.25) is 0 Å². The molecule has 0 N–H and O–H groups in total. The van der Waals surface area contributed by atoms with Crippen molar-refractivity contribution in [3.63, 3.8) is 0 Å². The highest BCUT2D eigenvalue weighted by Crippen LogP contribution is 2.25. The van der Waals surface area contributed by atoms with E-state index in [1.54, 1.807) is 56.1 Å². The number of sulfone groups is 1. The van der Waals surface area contributed by atoms with Crippen LogP contribution in [0.15, 0.2) is 39.9 Å².